The van der Waals surface area contributed by atoms with E-state index in [0.29, 0.717) is 22.6 Å². The summed E-state index contributed by atoms with van der Waals surface area (Å²) in [5.41, 5.74) is 1.03. The topological polar surface area (TPSA) is 12.5 Å². The zero-order valence-corrected chi connectivity index (χ0v) is 17.2. The molecule has 0 bridgehead atoms. The Morgan fingerprint density at radius 2 is 1.71 bits per heavy atom. The normalized spacial score (nSPS) is 23.0. The second-order valence-electron chi connectivity index (χ2n) is 7.48. The third-order valence-electron chi connectivity index (χ3n) is 5.49. The molecule has 10 heteroatoms. The summed E-state index contributed by atoms with van der Waals surface area (Å²) in [5, 5.41) is 0.582. The monoisotopic (exact) mass is 481 g/mol. The average molecular weight is 482 g/mol. The third-order valence-corrected chi connectivity index (χ3v) is 6.05. The minimum Gasteiger partial charge on any atom is -0.406 e. The number of anilines is 1. The van der Waals surface area contributed by atoms with Gasteiger partial charge in [-0.3, -0.25) is 0 Å². The first-order valence-electron chi connectivity index (χ1n) is 9.27. The molecule has 0 radical (unpaired) electrons. The molecule has 2 aliphatic rings. The molecule has 4 rings (SSSR count). The maximum Gasteiger partial charge on any atom is 0.573 e. The quantitative estimate of drug-likeness (QED) is 0.329. The van der Waals surface area contributed by atoms with Crippen LogP contribution in [0.15, 0.2) is 48.6 Å². The first-order chi connectivity index (χ1) is 14.4. The standard InChI is InChI=1S/C21H15Cl2F6NO/c22-11-4-6-15(17(23)8-11)19-14-3-1-2-13(14)16-9-12(31-21(27,28)29)5-7-18(16)30(19)10-20(24,25)26/h1-2,4-9,13-14,19H,3,10H2. The van der Waals surface area contributed by atoms with Crippen LogP contribution in [0.25, 0.3) is 0 Å². The molecule has 2 aromatic carbocycles. The molecule has 31 heavy (non-hydrogen) atoms. The molecule has 3 atom stereocenters. The van der Waals surface area contributed by atoms with Gasteiger partial charge < -0.3 is 9.64 Å². The third kappa shape index (κ3) is 4.60. The molecule has 1 aliphatic carbocycles. The van der Waals surface area contributed by atoms with Crippen molar-refractivity contribution in [1.29, 1.82) is 0 Å². The number of rotatable bonds is 3. The summed E-state index contributed by atoms with van der Waals surface area (Å²) in [4.78, 5) is 1.16. The summed E-state index contributed by atoms with van der Waals surface area (Å²) in [6.45, 7) is -1.29. The molecule has 0 fully saturated rings. The average Bonchev–Trinajstić information content (AvgIpc) is 3.10. The van der Waals surface area contributed by atoms with E-state index in [1.54, 1.807) is 12.1 Å². The molecule has 1 aliphatic heterocycles. The fourth-order valence-electron chi connectivity index (χ4n) is 4.49. The summed E-state index contributed by atoms with van der Waals surface area (Å²) in [5.74, 6) is -1.21. The molecule has 2 nitrogen and oxygen atoms in total. The van der Waals surface area contributed by atoms with Gasteiger partial charge in [-0.2, -0.15) is 13.2 Å². The fraction of sp³-hybridized carbons (Fsp3) is 0.333. The van der Waals surface area contributed by atoms with Crippen LogP contribution in [0.3, 0.4) is 0 Å². The van der Waals surface area contributed by atoms with Crippen molar-refractivity contribution in [3.05, 3.63) is 69.7 Å². The largest absolute Gasteiger partial charge is 0.573 e. The van der Waals surface area contributed by atoms with Crippen molar-refractivity contribution in [3.63, 3.8) is 0 Å². The van der Waals surface area contributed by atoms with Crippen LogP contribution in [0.4, 0.5) is 32.0 Å². The van der Waals surface area contributed by atoms with Crippen LogP contribution in [-0.4, -0.2) is 19.1 Å². The van der Waals surface area contributed by atoms with Gasteiger partial charge in [0.1, 0.15) is 12.3 Å². The van der Waals surface area contributed by atoms with Gasteiger partial charge in [0.25, 0.3) is 0 Å². The number of fused-ring (bicyclic) bond motifs is 3. The molecular formula is C21H15Cl2F6NO. The zero-order valence-electron chi connectivity index (χ0n) is 15.6. The van der Waals surface area contributed by atoms with Gasteiger partial charge in [0, 0.05) is 21.7 Å². The number of ether oxygens (including phenoxy) is 1. The SMILES string of the molecule is FC(F)(F)CN1c2ccc(OC(F)(F)F)cc2C2C=CCC2C1c1ccc(Cl)cc1Cl. The first-order valence-corrected chi connectivity index (χ1v) is 10.0. The Balaban J connectivity index is 1.86. The van der Waals surface area contributed by atoms with Crippen molar-refractivity contribution in [2.75, 3.05) is 11.4 Å². The Morgan fingerprint density at radius 1 is 0.968 bits per heavy atom. The summed E-state index contributed by atoms with van der Waals surface area (Å²) in [6, 6.07) is 7.31. The van der Waals surface area contributed by atoms with Gasteiger partial charge in [-0.25, -0.2) is 0 Å². The van der Waals surface area contributed by atoms with Gasteiger partial charge in [0.15, 0.2) is 0 Å². The Hall–Kier alpha value is -2.06. The van der Waals surface area contributed by atoms with Crippen molar-refractivity contribution >= 4 is 28.9 Å². The van der Waals surface area contributed by atoms with Gasteiger partial charge in [-0.05, 0) is 53.8 Å². The van der Waals surface area contributed by atoms with E-state index < -0.39 is 30.9 Å². The van der Waals surface area contributed by atoms with E-state index in [-0.39, 0.29) is 22.5 Å². The molecule has 2 aromatic rings. The van der Waals surface area contributed by atoms with Crippen LogP contribution in [0.2, 0.25) is 10.0 Å². The van der Waals surface area contributed by atoms with Crippen LogP contribution in [0, 0.1) is 5.92 Å². The fourth-order valence-corrected chi connectivity index (χ4v) is 5.01. The van der Waals surface area contributed by atoms with Crippen LogP contribution in [0.5, 0.6) is 5.75 Å². The number of benzene rings is 2. The summed E-state index contributed by atoms with van der Waals surface area (Å²) < 4.78 is 82.7. The van der Waals surface area contributed by atoms with Crippen LogP contribution in [0.1, 0.15) is 29.5 Å². The Morgan fingerprint density at radius 3 is 2.35 bits per heavy atom. The van der Waals surface area contributed by atoms with Gasteiger partial charge >= 0.3 is 12.5 Å². The van der Waals surface area contributed by atoms with Crippen molar-refractivity contribution in [2.45, 2.75) is 30.9 Å². The van der Waals surface area contributed by atoms with Crippen molar-refractivity contribution in [1.82, 2.24) is 0 Å². The lowest BCUT2D eigenvalue weighted by atomic mass is 9.75. The lowest BCUT2D eigenvalue weighted by Gasteiger charge is -2.46. The van der Waals surface area contributed by atoms with E-state index in [1.165, 1.54) is 18.2 Å². The molecule has 3 unspecified atom stereocenters. The zero-order chi connectivity index (χ0) is 22.6. The molecule has 0 N–H and O–H groups in total. The van der Waals surface area contributed by atoms with Crippen LogP contribution < -0.4 is 9.64 Å². The second-order valence-corrected chi connectivity index (χ2v) is 8.32. The molecule has 0 aromatic heterocycles. The molecule has 0 saturated carbocycles. The van der Waals surface area contributed by atoms with Gasteiger partial charge in [-0.1, -0.05) is 41.4 Å². The van der Waals surface area contributed by atoms with Crippen molar-refractivity contribution < 1.29 is 31.1 Å². The number of nitrogens with zero attached hydrogens (tertiary/aromatic N) is 1. The number of alkyl halides is 6. The highest BCUT2D eigenvalue weighted by molar-refractivity contribution is 6.35. The highest BCUT2D eigenvalue weighted by Crippen LogP contribution is 2.55. The number of hydrogen-bond donors (Lipinski definition) is 0. The van der Waals surface area contributed by atoms with E-state index in [2.05, 4.69) is 4.74 Å². The van der Waals surface area contributed by atoms with E-state index in [4.69, 9.17) is 23.2 Å². The number of allylic oxidation sites excluding steroid dienone is 2. The molecular weight excluding hydrogens is 467 g/mol. The number of halogens is 8. The van der Waals surface area contributed by atoms with Crippen molar-refractivity contribution in [2.24, 2.45) is 5.92 Å². The second kappa shape index (κ2) is 7.81. The number of hydrogen-bond acceptors (Lipinski definition) is 2. The molecule has 0 amide bonds. The summed E-state index contributed by atoms with van der Waals surface area (Å²) in [6.07, 6.45) is -5.37. The minimum atomic E-state index is -4.90. The molecule has 0 saturated heterocycles. The summed E-state index contributed by atoms with van der Waals surface area (Å²) >= 11 is 12.3. The van der Waals surface area contributed by atoms with Crippen molar-refractivity contribution in [3.8, 4) is 5.75 Å². The molecule has 166 valence electrons. The predicted octanol–water partition coefficient (Wildman–Crippen LogP) is 7.68. The highest BCUT2D eigenvalue weighted by atomic mass is 35.5. The smallest absolute Gasteiger partial charge is 0.406 e. The lowest BCUT2D eigenvalue weighted by Crippen LogP contribution is -2.44. The van der Waals surface area contributed by atoms with E-state index in [9.17, 15) is 26.3 Å². The maximum atomic E-state index is 13.5. The minimum absolute atomic E-state index is 0.190. The summed E-state index contributed by atoms with van der Waals surface area (Å²) in [7, 11) is 0. The Labute approximate surface area is 184 Å². The predicted molar refractivity (Wildman–Crippen MR) is 106 cm³/mol. The maximum absolute atomic E-state index is 13.5. The van der Waals surface area contributed by atoms with Gasteiger partial charge in [0.2, 0.25) is 0 Å². The first kappa shape index (κ1) is 22.1. The molecule has 0 spiro atoms. The van der Waals surface area contributed by atoms with E-state index in [0.717, 1.165) is 11.0 Å². The van der Waals surface area contributed by atoms with Gasteiger partial charge in [-0.15, -0.1) is 13.2 Å². The van der Waals surface area contributed by atoms with Crippen LogP contribution in [-0.2, 0) is 0 Å². The van der Waals surface area contributed by atoms with E-state index >= 15 is 0 Å². The van der Waals surface area contributed by atoms with Gasteiger partial charge in [0.05, 0.1) is 6.04 Å². The Bertz CT molecular complexity index is 1020. The Kier molecular flexibility index (Phi) is 5.58. The highest BCUT2D eigenvalue weighted by Gasteiger charge is 2.46. The lowest BCUT2D eigenvalue weighted by molar-refractivity contribution is -0.274. The van der Waals surface area contributed by atoms with E-state index in [1.807, 2.05) is 12.2 Å². The molecule has 1 heterocycles. The van der Waals surface area contributed by atoms with Crippen LogP contribution >= 0.6 is 23.2 Å².